The number of fused-ring (bicyclic) bond motifs is 5. The van der Waals surface area contributed by atoms with Crippen molar-refractivity contribution in [1.82, 2.24) is 15.0 Å². The summed E-state index contributed by atoms with van der Waals surface area (Å²) in [6.45, 7) is 4.93. The Hall–Kier alpha value is -6.18. The lowest BCUT2D eigenvalue weighted by Crippen LogP contribution is -2.42. The molecule has 3 aliphatic carbocycles. The lowest BCUT2D eigenvalue weighted by molar-refractivity contribution is 0.0780. The second-order valence-corrected chi connectivity index (χ2v) is 16.8. The van der Waals surface area contributed by atoms with Crippen molar-refractivity contribution in [3.05, 3.63) is 185 Å². The molecule has 0 amide bonds. The molecule has 1 aromatic heterocycles. The Labute approximate surface area is 330 Å². The van der Waals surface area contributed by atoms with Gasteiger partial charge in [-0.1, -0.05) is 153 Å². The van der Waals surface area contributed by atoms with Gasteiger partial charge in [0, 0.05) is 16.7 Å². The molecule has 272 valence electrons. The first kappa shape index (κ1) is 34.3. The predicted molar refractivity (Wildman–Crippen MR) is 225 cm³/mol. The zero-order valence-corrected chi connectivity index (χ0v) is 32.0. The molecule has 0 radical (unpaired) electrons. The van der Waals surface area contributed by atoms with Gasteiger partial charge in [0.15, 0.2) is 17.5 Å². The Morgan fingerprint density at radius 2 is 1.05 bits per heavy atom. The van der Waals surface area contributed by atoms with Gasteiger partial charge in [0.2, 0.25) is 0 Å². The Morgan fingerprint density at radius 1 is 0.518 bits per heavy atom. The summed E-state index contributed by atoms with van der Waals surface area (Å²) in [7, 11) is 0. The quantitative estimate of drug-likeness (QED) is 0.171. The number of benzene rings is 6. The number of rotatable bonds is 6. The average molecular weight is 725 g/mol. The van der Waals surface area contributed by atoms with Crippen LogP contribution in [0.1, 0.15) is 79.3 Å². The smallest absolute Gasteiger partial charge is 0.164 e. The number of aromatic nitrogens is 3. The molecule has 4 heteroatoms. The van der Waals surface area contributed by atoms with E-state index in [0.29, 0.717) is 23.0 Å². The number of nitrogens with zero attached hydrogens (tertiary/aromatic N) is 4. The minimum absolute atomic E-state index is 0.226. The summed E-state index contributed by atoms with van der Waals surface area (Å²) in [5.74, 6) is 4.17. The van der Waals surface area contributed by atoms with Crippen LogP contribution in [-0.4, -0.2) is 15.0 Å². The summed E-state index contributed by atoms with van der Waals surface area (Å²) in [6.07, 6.45) is 6.53. The largest absolute Gasteiger partial charge is 0.208 e. The van der Waals surface area contributed by atoms with Crippen molar-refractivity contribution < 1.29 is 0 Å². The van der Waals surface area contributed by atoms with Crippen molar-refractivity contribution in [2.24, 2.45) is 17.8 Å². The maximum absolute atomic E-state index is 10.2. The molecule has 4 nitrogen and oxygen atoms in total. The van der Waals surface area contributed by atoms with Gasteiger partial charge in [0.1, 0.15) is 0 Å². The van der Waals surface area contributed by atoms with Crippen LogP contribution in [0.3, 0.4) is 0 Å². The van der Waals surface area contributed by atoms with Crippen LogP contribution in [0.25, 0.3) is 45.3 Å². The van der Waals surface area contributed by atoms with Crippen LogP contribution in [-0.2, 0) is 10.8 Å². The van der Waals surface area contributed by atoms with Crippen molar-refractivity contribution in [1.29, 1.82) is 5.26 Å². The number of nitriles is 1. The lowest BCUT2D eigenvalue weighted by Gasteiger charge is -2.50. The fraction of sp³-hybridized carbons (Fsp3) is 0.231. The third kappa shape index (κ3) is 5.52. The molecular formula is C52H44N4. The topological polar surface area (TPSA) is 62.5 Å². The van der Waals surface area contributed by atoms with E-state index in [2.05, 4.69) is 129 Å². The van der Waals surface area contributed by atoms with E-state index in [0.717, 1.165) is 56.7 Å². The highest BCUT2D eigenvalue weighted by molar-refractivity contribution is 5.92. The molecule has 1 heterocycles. The van der Waals surface area contributed by atoms with Gasteiger partial charge in [-0.3, -0.25) is 0 Å². The first-order valence-corrected chi connectivity index (χ1v) is 20.2. The molecule has 5 atom stereocenters. The monoisotopic (exact) mass is 724 g/mol. The van der Waals surface area contributed by atoms with Crippen LogP contribution in [0.4, 0.5) is 0 Å². The molecule has 3 aliphatic rings. The van der Waals surface area contributed by atoms with Gasteiger partial charge in [-0.15, -0.1) is 0 Å². The molecule has 2 saturated carbocycles. The molecule has 7 aromatic rings. The number of hydrogen-bond donors (Lipinski definition) is 0. The van der Waals surface area contributed by atoms with Crippen LogP contribution in [0.5, 0.6) is 0 Å². The molecule has 0 N–H and O–H groups in total. The molecule has 0 aliphatic heterocycles. The van der Waals surface area contributed by atoms with Crippen molar-refractivity contribution in [3.8, 4) is 51.4 Å². The van der Waals surface area contributed by atoms with Crippen LogP contribution >= 0.6 is 0 Å². The highest BCUT2D eigenvalue weighted by Gasteiger charge is 2.49. The summed E-state index contributed by atoms with van der Waals surface area (Å²) >= 11 is 0. The highest BCUT2D eigenvalue weighted by atomic mass is 15.0. The maximum Gasteiger partial charge on any atom is 0.164 e. The summed E-state index contributed by atoms with van der Waals surface area (Å²) in [6, 6.07) is 56.2. The van der Waals surface area contributed by atoms with E-state index in [4.69, 9.17) is 15.0 Å². The van der Waals surface area contributed by atoms with E-state index in [1.165, 1.54) is 48.8 Å². The third-order valence-corrected chi connectivity index (χ3v) is 13.0. The van der Waals surface area contributed by atoms with Crippen LogP contribution in [0.15, 0.2) is 152 Å². The van der Waals surface area contributed by atoms with Gasteiger partial charge < -0.3 is 0 Å². The van der Waals surface area contributed by atoms with E-state index in [-0.39, 0.29) is 5.41 Å². The van der Waals surface area contributed by atoms with Crippen molar-refractivity contribution >= 4 is 0 Å². The lowest BCUT2D eigenvalue weighted by atomic mass is 9.54. The molecule has 6 aromatic carbocycles. The first-order valence-electron chi connectivity index (χ1n) is 20.2. The Morgan fingerprint density at radius 3 is 1.66 bits per heavy atom. The van der Waals surface area contributed by atoms with Crippen LogP contribution in [0.2, 0.25) is 0 Å². The summed E-state index contributed by atoms with van der Waals surface area (Å²) in [5.41, 5.74) is 11.3. The Bertz CT molecular complexity index is 2530. The molecule has 10 rings (SSSR count). The summed E-state index contributed by atoms with van der Waals surface area (Å²) < 4.78 is 0. The second-order valence-electron chi connectivity index (χ2n) is 16.8. The summed E-state index contributed by atoms with van der Waals surface area (Å²) in [4.78, 5) is 15.6. The third-order valence-electron chi connectivity index (χ3n) is 13.0. The molecule has 2 bridgehead atoms. The average Bonchev–Trinajstić information content (AvgIpc) is 3.54. The molecule has 0 saturated heterocycles. The van der Waals surface area contributed by atoms with Crippen LogP contribution < -0.4 is 0 Å². The fourth-order valence-corrected chi connectivity index (χ4v) is 11.2. The minimum atomic E-state index is -0.707. The van der Waals surface area contributed by atoms with Crippen molar-refractivity contribution in [2.75, 3.05) is 0 Å². The number of hydrogen-bond acceptors (Lipinski definition) is 4. The molecule has 2 unspecified atom stereocenters. The van der Waals surface area contributed by atoms with Gasteiger partial charge in [0.25, 0.3) is 0 Å². The normalized spacial score (nSPS) is 23.5. The van der Waals surface area contributed by atoms with E-state index < -0.39 is 5.41 Å². The Balaban J connectivity index is 1.25. The SMILES string of the molecule is C[C@@H]1C[C@@H]2C[C@H](C)CC(c3ccc(C4(c5ccccc5)c5ccc(C#N)cc5-c5cccc(-c6nc(-c7ccccc7)nc(-c7ccccc7)n6)c54)cc3)(C1)C2. The Kier molecular flexibility index (Phi) is 8.29. The minimum Gasteiger partial charge on any atom is -0.208 e. The molecule has 0 spiro atoms. The standard InChI is InChI=1S/C52H44N4/c1-34-27-37-28-35(2)31-51(30-34,32-37)40-22-24-42(25-23-40)52(41-17-10-5-11-18-41)46-26-21-36(33-53)29-45(46)43-19-12-20-44(47(43)52)50-55-48(38-13-6-3-7-14-38)54-49(56-50)39-15-8-4-9-16-39/h3-26,29,34-35,37H,27-28,30-32H2,1-2H3/t34-,35+,37-,51?,52?. The van der Waals surface area contributed by atoms with Gasteiger partial charge in [-0.05, 0) is 106 Å². The van der Waals surface area contributed by atoms with E-state index in [9.17, 15) is 5.26 Å². The van der Waals surface area contributed by atoms with Gasteiger partial charge in [-0.2, -0.15) is 5.26 Å². The molecule has 2 fully saturated rings. The zero-order valence-electron chi connectivity index (χ0n) is 32.0. The van der Waals surface area contributed by atoms with Crippen LogP contribution in [0, 0.1) is 29.1 Å². The maximum atomic E-state index is 10.2. The zero-order chi connectivity index (χ0) is 37.9. The van der Waals surface area contributed by atoms with Crippen molar-refractivity contribution in [3.63, 3.8) is 0 Å². The molecule has 56 heavy (non-hydrogen) atoms. The first-order chi connectivity index (χ1) is 27.4. The summed E-state index contributed by atoms with van der Waals surface area (Å²) in [5, 5.41) is 10.2. The van der Waals surface area contributed by atoms with Crippen molar-refractivity contribution in [2.45, 2.75) is 56.8 Å². The fourth-order valence-electron chi connectivity index (χ4n) is 11.2. The van der Waals surface area contributed by atoms with Gasteiger partial charge in [-0.25, -0.2) is 15.0 Å². The van der Waals surface area contributed by atoms with E-state index in [1.807, 2.05) is 42.5 Å². The molecular weight excluding hydrogens is 681 g/mol. The van der Waals surface area contributed by atoms with Gasteiger partial charge >= 0.3 is 0 Å². The predicted octanol–water partition coefficient (Wildman–Crippen LogP) is 12.2. The van der Waals surface area contributed by atoms with E-state index in [1.54, 1.807) is 0 Å². The van der Waals surface area contributed by atoms with Gasteiger partial charge in [0.05, 0.1) is 17.0 Å². The van der Waals surface area contributed by atoms with E-state index >= 15 is 0 Å². The highest BCUT2D eigenvalue weighted by Crippen LogP contribution is 2.60. The second kappa shape index (κ2) is 13.5.